The van der Waals surface area contributed by atoms with Crippen LogP contribution < -0.4 is 5.32 Å². The van der Waals surface area contributed by atoms with E-state index in [1.807, 2.05) is 30.3 Å². The molecule has 0 bridgehead atoms. The number of carbonyl (C=O) groups is 1. The number of amides is 1. The number of aromatic hydroxyl groups is 1. The molecule has 0 saturated heterocycles. The third-order valence-corrected chi connectivity index (χ3v) is 3.52. The molecule has 0 aliphatic rings. The van der Waals surface area contributed by atoms with Crippen molar-refractivity contribution < 1.29 is 14.8 Å². The van der Waals surface area contributed by atoms with Crippen LogP contribution in [-0.2, 0) is 4.79 Å². The van der Waals surface area contributed by atoms with Crippen LogP contribution >= 0.6 is 0 Å². The average Bonchev–Trinajstić information content (AvgIpc) is 2.61. The van der Waals surface area contributed by atoms with Gasteiger partial charge in [0.2, 0.25) is 0 Å². The Labute approximate surface area is 144 Å². The molecule has 0 aliphatic carbocycles. The van der Waals surface area contributed by atoms with E-state index in [9.17, 15) is 25.3 Å². The van der Waals surface area contributed by atoms with E-state index < -0.39 is 22.3 Å². The van der Waals surface area contributed by atoms with Crippen LogP contribution in [0.3, 0.4) is 0 Å². The SMILES string of the molecule is C[C@@H](NC(=O)/C(C#N)=C\c1ccc(O)c([N+](=O)[O-])c1)c1ccccc1. The molecular formula is C18H15N3O4. The number of nitro groups is 1. The molecule has 25 heavy (non-hydrogen) atoms. The number of benzene rings is 2. The maximum Gasteiger partial charge on any atom is 0.311 e. The number of phenols is 1. The number of nitro benzene ring substituents is 1. The fourth-order valence-electron chi connectivity index (χ4n) is 2.19. The third kappa shape index (κ3) is 4.42. The van der Waals surface area contributed by atoms with Crippen molar-refractivity contribution in [3.05, 3.63) is 75.3 Å². The molecule has 0 saturated carbocycles. The lowest BCUT2D eigenvalue weighted by molar-refractivity contribution is -0.385. The van der Waals surface area contributed by atoms with Crippen molar-refractivity contribution in [3.63, 3.8) is 0 Å². The highest BCUT2D eigenvalue weighted by Gasteiger charge is 2.16. The van der Waals surface area contributed by atoms with Crippen molar-refractivity contribution in [3.8, 4) is 11.8 Å². The Morgan fingerprint density at radius 2 is 2.00 bits per heavy atom. The average molecular weight is 337 g/mol. The first-order valence-corrected chi connectivity index (χ1v) is 7.37. The summed E-state index contributed by atoms with van der Waals surface area (Å²) in [7, 11) is 0. The van der Waals surface area contributed by atoms with Crippen molar-refractivity contribution in [2.24, 2.45) is 0 Å². The van der Waals surface area contributed by atoms with Crippen LogP contribution in [0.1, 0.15) is 24.1 Å². The highest BCUT2D eigenvalue weighted by Crippen LogP contribution is 2.27. The first-order chi connectivity index (χ1) is 11.9. The molecule has 7 heteroatoms. The van der Waals surface area contributed by atoms with Crippen LogP contribution in [0.4, 0.5) is 5.69 Å². The second-order valence-corrected chi connectivity index (χ2v) is 5.28. The van der Waals surface area contributed by atoms with Crippen LogP contribution in [0.15, 0.2) is 54.1 Å². The second-order valence-electron chi connectivity index (χ2n) is 5.28. The zero-order valence-electron chi connectivity index (χ0n) is 13.3. The van der Waals surface area contributed by atoms with Gasteiger partial charge in [-0.25, -0.2) is 0 Å². The molecule has 2 N–H and O–H groups in total. The quantitative estimate of drug-likeness (QED) is 0.376. The monoisotopic (exact) mass is 337 g/mol. The van der Waals surface area contributed by atoms with Crippen LogP contribution in [0, 0.1) is 21.4 Å². The molecule has 2 aromatic carbocycles. The van der Waals surface area contributed by atoms with Gasteiger partial charge in [0.1, 0.15) is 11.6 Å². The Kier molecular flexibility index (Phi) is 5.48. The molecule has 1 amide bonds. The van der Waals surface area contributed by atoms with Gasteiger partial charge in [-0.15, -0.1) is 0 Å². The first kappa shape index (κ1) is 17.7. The number of nitrogens with one attached hydrogen (secondary N) is 1. The lowest BCUT2D eigenvalue weighted by Crippen LogP contribution is -2.27. The van der Waals surface area contributed by atoms with Gasteiger partial charge < -0.3 is 10.4 Å². The van der Waals surface area contributed by atoms with E-state index in [4.69, 9.17) is 0 Å². The van der Waals surface area contributed by atoms with Crippen molar-refractivity contribution in [2.75, 3.05) is 0 Å². The molecule has 2 rings (SSSR count). The van der Waals surface area contributed by atoms with Gasteiger partial charge in [0.05, 0.1) is 11.0 Å². The molecule has 0 fully saturated rings. The summed E-state index contributed by atoms with van der Waals surface area (Å²) >= 11 is 0. The third-order valence-electron chi connectivity index (χ3n) is 3.52. The number of nitrogens with zero attached hydrogens (tertiary/aromatic N) is 2. The van der Waals surface area contributed by atoms with Crippen molar-refractivity contribution in [1.29, 1.82) is 5.26 Å². The number of rotatable bonds is 5. The largest absolute Gasteiger partial charge is 0.502 e. The lowest BCUT2D eigenvalue weighted by atomic mass is 10.1. The van der Waals surface area contributed by atoms with Crippen LogP contribution in [0.25, 0.3) is 6.08 Å². The zero-order chi connectivity index (χ0) is 18.4. The van der Waals surface area contributed by atoms with Gasteiger partial charge in [0.15, 0.2) is 5.75 Å². The van der Waals surface area contributed by atoms with Gasteiger partial charge in [-0.3, -0.25) is 14.9 Å². The fraction of sp³-hybridized carbons (Fsp3) is 0.111. The topological polar surface area (TPSA) is 116 Å². The minimum atomic E-state index is -0.740. The number of carbonyl (C=O) groups excluding carboxylic acids is 1. The van der Waals surface area contributed by atoms with E-state index in [1.165, 1.54) is 12.1 Å². The molecular weight excluding hydrogens is 322 g/mol. The summed E-state index contributed by atoms with van der Waals surface area (Å²) in [5.41, 5.74) is 0.462. The summed E-state index contributed by atoms with van der Waals surface area (Å²) < 4.78 is 0. The Morgan fingerprint density at radius 1 is 1.32 bits per heavy atom. The Balaban J connectivity index is 2.23. The first-order valence-electron chi connectivity index (χ1n) is 7.37. The van der Waals surface area contributed by atoms with E-state index in [2.05, 4.69) is 5.32 Å². The van der Waals surface area contributed by atoms with Gasteiger partial charge in [-0.1, -0.05) is 36.4 Å². The predicted molar refractivity (Wildman–Crippen MR) is 91.4 cm³/mol. The molecule has 2 aromatic rings. The Morgan fingerprint density at radius 3 is 2.60 bits per heavy atom. The molecule has 0 heterocycles. The van der Waals surface area contributed by atoms with Gasteiger partial charge in [0.25, 0.3) is 5.91 Å². The molecule has 0 aromatic heterocycles. The summed E-state index contributed by atoms with van der Waals surface area (Å²) in [6.07, 6.45) is 1.24. The number of hydrogen-bond acceptors (Lipinski definition) is 5. The number of nitriles is 1. The summed E-state index contributed by atoms with van der Waals surface area (Å²) in [5.74, 6) is -1.07. The van der Waals surface area contributed by atoms with E-state index in [0.29, 0.717) is 0 Å². The van der Waals surface area contributed by atoms with Crippen LogP contribution in [0.5, 0.6) is 5.75 Å². The zero-order valence-corrected chi connectivity index (χ0v) is 13.3. The van der Waals surface area contributed by atoms with Crippen molar-refractivity contribution >= 4 is 17.7 Å². The minimum Gasteiger partial charge on any atom is -0.502 e. The molecule has 0 spiro atoms. The number of phenolic OH excluding ortho intramolecular Hbond substituents is 1. The van der Waals surface area contributed by atoms with E-state index in [1.54, 1.807) is 13.0 Å². The van der Waals surface area contributed by atoms with Crippen LogP contribution in [0.2, 0.25) is 0 Å². The molecule has 0 aliphatic heterocycles. The lowest BCUT2D eigenvalue weighted by Gasteiger charge is -2.13. The second kappa shape index (κ2) is 7.75. The molecule has 0 unspecified atom stereocenters. The van der Waals surface area contributed by atoms with Crippen LogP contribution in [-0.4, -0.2) is 15.9 Å². The van der Waals surface area contributed by atoms with Crippen molar-refractivity contribution in [2.45, 2.75) is 13.0 Å². The van der Waals surface area contributed by atoms with Crippen molar-refractivity contribution in [1.82, 2.24) is 5.32 Å². The van der Waals surface area contributed by atoms with Gasteiger partial charge >= 0.3 is 5.69 Å². The maximum atomic E-state index is 12.3. The predicted octanol–water partition coefficient (Wildman–Crippen LogP) is 3.08. The molecule has 1 atom stereocenters. The van der Waals surface area contributed by atoms with E-state index in [0.717, 1.165) is 17.7 Å². The van der Waals surface area contributed by atoms with E-state index in [-0.39, 0.29) is 17.2 Å². The highest BCUT2D eigenvalue weighted by molar-refractivity contribution is 6.01. The normalized spacial score (nSPS) is 12.1. The summed E-state index contributed by atoms with van der Waals surface area (Å²) in [6, 6.07) is 14.3. The smallest absolute Gasteiger partial charge is 0.311 e. The summed E-state index contributed by atoms with van der Waals surface area (Å²) in [5, 5.41) is 32.2. The van der Waals surface area contributed by atoms with Gasteiger partial charge in [-0.05, 0) is 30.2 Å². The summed E-state index contributed by atoms with van der Waals surface area (Å²) in [6.45, 7) is 1.79. The van der Waals surface area contributed by atoms with Gasteiger partial charge in [0, 0.05) is 6.07 Å². The Bertz CT molecular complexity index is 870. The van der Waals surface area contributed by atoms with Gasteiger partial charge in [-0.2, -0.15) is 5.26 Å². The molecule has 7 nitrogen and oxygen atoms in total. The highest BCUT2D eigenvalue weighted by atomic mass is 16.6. The molecule has 0 radical (unpaired) electrons. The summed E-state index contributed by atoms with van der Waals surface area (Å²) in [4.78, 5) is 22.4. The molecule has 126 valence electrons. The minimum absolute atomic E-state index is 0.192. The maximum absolute atomic E-state index is 12.3. The van der Waals surface area contributed by atoms with E-state index >= 15 is 0 Å². The Hall–Kier alpha value is -3.66. The standard InChI is InChI=1S/C18H15N3O4/c1-12(14-5-3-2-4-6-14)20-18(23)15(11-19)9-13-7-8-17(22)16(10-13)21(24)25/h2-10,12,22H,1H3,(H,20,23)/b15-9-/t12-/m1/s1. The number of hydrogen-bond donors (Lipinski definition) is 2. The fourth-order valence-corrected chi connectivity index (χ4v) is 2.19.